The van der Waals surface area contributed by atoms with Crippen LogP contribution in [0.5, 0.6) is 0 Å². The van der Waals surface area contributed by atoms with E-state index in [2.05, 4.69) is 11.9 Å². The Bertz CT molecular complexity index is 1240. The second kappa shape index (κ2) is 8.99. The number of anilines is 1. The van der Waals surface area contributed by atoms with E-state index in [9.17, 15) is 14.4 Å². The molecule has 2 aromatic rings. The Morgan fingerprint density at radius 1 is 1.17 bits per heavy atom. The molecule has 4 rings (SSSR count). The van der Waals surface area contributed by atoms with Crippen LogP contribution in [0.1, 0.15) is 51.2 Å². The Labute approximate surface area is 215 Å². The summed E-state index contributed by atoms with van der Waals surface area (Å²) < 4.78 is 5.51. The SMILES string of the molecule is C=C(C)[C@H]1N(CC(=O)OC(C)(C)C)C(=O)C[C@@H](c2cccc(Cl)c2)[C@]12C(=O)Nc1cc(Cl)ccc12. The van der Waals surface area contributed by atoms with Gasteiger partial charge in [0.25, 0.3) is 0 Å². The lowest BCUT2D eigenvalue weighted by molar-refractivity contribution is -0.163. The van der Waals surface area contributed by atoms with E-state index >= 15 is 0 Å². The molecular formula is C27H28Cl2N2O4. The summed E-state index contributed by atoms with van der Waals surface area (Å²) in [6.07, 6.45) is 0.00239. The zero-order valence-corrected chi connectivity index (χ0v) is 21.7. The molecule has 1 N–H and O–H groups in total. The summed E-state index contributed by atoms with van der Waals surface area (Å²) >= 11 is 12.6. The second-order valence-corrected chi connectivity index (χ2v) is 11.1. The van der Waals surface area contributed by atoms with Gasteiger partial charge in [-0.15, -0.1) is 0 Å². The fraction of sp³-hybridized carbons (Fsp3) is 0.370. The number of carbonyl (C=O) groups is 3. The third-order valence-electron chi connectivity index (χ3n) is 6.48. The van der Waals surface area contributed by atoms with Gasteiger partial charge in [-0.3, -0.25) is 14.4 Å². The van der Waals surface area contributed by atoms with Crippen molar-refractivity contribution in [3.8, 4) is 0 Å². The maximum atomic E-state index is 14.0. The van der Waals surface area contributed by atoms with Crippen LogP contribution in [0.25, 0.3) is 0 Å². The Balaban J connectivity index is 1.93. The molecule has 2 aromatic carbocycles. The smallest absolute Gasteiger partial charge is 0.326 e. The quantitative estimate of drug-likeness (QED) is 0.432. The number of hydrogen-bond donors (Lipinski definition) is 1. The van der Waals surface area contributed by atoms with Gasteiger partial charge >= 0.3 is 5.97 Å². The van der Waals surface area contributed by atoms with Crippen LogP contribution in [0.2, 0.25) is 10.0 Å². The minimum atomic E-state index is -1.24. The van der Waals surface area contributed by atoms with Gasteiger partial charge in [-0.25, -0.2) is 0 Å². The standard InChI is InChI=1S/C27H28Cl2N2O4/c1-15(2)24-27(19-10-9-18(29)12-21(19)30-25(27)34)20(16-7-6-8-17(28)11-16)13-22(32)31(24)14-23(33)35-26(3,4)5/h6-12,20,24H,1,13-14H2,2-5H3,(H,30,34)/t20-,24+,27-/m0/s1. The van der Waals surface area contributed by atoms with Crippen LogP contribution in [0.4, 0.5) is 5.69 Å². The van der Waals surface area contributed by atoms with Crippen molar-refractivity contribution in [3.63, 3.8) is 0 Å². The molecule has 0 unspecified atom stereocenters. The molecule has 1 saturated heterocycles. The number of hydrogen-bond acceptors (Lipinski definition) is 4. The normalized spacial score (nSPS) is 23.8. The molecule has 2 heterocycles. The van der Waals surface area contributed by atoms with Crippen molar-refractivity contribution in [3.05, 3.63) is 75.8 Å². The summed E-state index contributed by atoms with van der Waals surface area (Å²) in [6, 6.07) is 11.6. The van der Waals surface area contributed by atoms with Crippen LogP contribution in [0, 0.1) is 0 Å². The van der Waals surface area contributed by atoms with Crippen molar-refractivity contribution >= 4 is 46.7 Å². The Morgan fingerprint density at radius 3 is 2.49 bits per heavy atom. The number of benzene rings is 2. The monoisotopic (exact) mass is 514 g/mol. The lowest BCUT2D eigenvalue weighted by atomic mass is 9.58. The number of piperidine rings is 1. The molecule has 0 aliphatic carbocycles. The zero-order valence-electron chi connectivity index (χ0n) is 20.2. The number of amides is 2. The van der Waals surface area contributed by atoms with Crippen LogP contribution in [0.15, 0.2) is 54.6 Å². The van der Waals surface area contributed by atoms with E-state index in [1.807, 2.05) is 12.1 Å². The highest BCUT2D eigenvalue weighted by Crippen LogP contribution is 2.56. The fourth-order valence-corrected chi connectivity index (χ4v) is 5.80. The average Bonchev–Trinajstić information content (AvgIpc) is 3.00. The number of likely N-dealkylation sites (tertiary alicyclic amines) is 1. The van der Waals surface area contributed by atoms with Crippen molar-refractivity contribution in [2.45, 2.75) is 57.1 Å². The summed E-state index contributed by atoms with van der Waals surface area (Å²) in [7, 11) is 0. The molecule has 2 aliphatic heterocycles. The first-order chi connectivity index (χ1) is 16.3. The van der Waals surface area contributed by atoms with E-state index in [1.54, 1.807) is 58.0 Å². The number of rotatable bonds is 4. The highest BCUT2D eigenvalue weighted by atomic mass is 35.5. The lowest BCUT2D eigenvalue weighted by Gasteiger charge is -2.51. The predicted octanol–water partition coefficient (Wildman–Crippen LogP) is 5.49. The van der Waals surface area contributed by atoms with Gasteiger partial charge in [0.1, 0.15) is 17.6 Å². The van der Waals surface area contributed by atoms with E-state index in [0.29, 0.717) is 26.9 Å². The maximum absolute atomic E-state index is 14.0. The third kappa shape index (κ3) is 4.45. The molecule has 2 aliphatic rings. The number of esters is 1. The van der Waals surface area contributed by atoms with Crippen molar-refractivity contribution < 1.29 is 19.1 Å². The molecule has 0 saturated carbocycles. The number of nitrogens with one attached hydrogen (secondary N) is 1. The molecule has 0 radical (unpaired) electrons. The fourth-order valence-electron chi connectivity index (χ4n) is 5.43. The minimum absolute atomic E-state index is 0.00239. The summed E-state index contributed by atoms with van der Waals surface area (Å²) in [4.78, 5) is 41.8. The summed E-state index contributed by atoms with van der Waals surface area (Å²) in [5, 5.41) is 3.95. The summed E-state index contributed by atoms with van der Waals surface area (Å²) in [5.74, 6) is -1.65. The van der Waals surface area contributed by atoms with Gasteiger partial charge in [0, 0.05) is 28.1 Å². The number of ether oxygens (including phenoxy) is 1. The molecule has 8 heteroatoms. The van der Waals surface area contributed by atoms with Crippen molar-refractivity contribution in [2.75, 3.05) is 11.9 Å². The predicted molar refractivity (Wildman–Crippen MR) is 137 cm³/mol. The molecule has 0 aromatic heterocycles. The molecule has 35 heavy (non-hydrogen) atoms. The van der Waals surface area contributed by atoms with Gasteiger partial charge in [0.2, 0.25) is 11.8 Å². The number of carbonyl (C=O) groups excluding carboxylic acids is 3. The highest BCUT2D eigenvalue weighted by Gasteiger charge is 2.63. The van der Waals surface area contributed by atoms with Crippen LogP contribution >= 0.6 is 23.2 Å². The average molecular weight is 515 g/mol. The van der Waals surface area contributed by atoms with E-state index in [4.69, 9.17) is 27.9 Å². The summed E-state index contributed by atoms with van der Waals surface area (Å²) in [6.45, 7) is 10.9. The first kappa shape index (κ1) is 25.3. The zero-order chi connectivity index (χ0) is 25.7. The maximum Gasteiger partial charge on any atom is 0.326 e. The van der Waals surface area contributed by atoms with E-state index in [1.165, 1.54) is 4.90 Å². The molecule has 1 spiro atoms. The van der Waals surface area contributed by atoms with E-state index in [-0.39, 0.29) is 24.8 Å². The molecule has 2 amide bonds. The van der Waals surface area contributed by atoms with E-state index in [0.717, 1.165) is 5.56 Å². The Morgan fingerprint density at radius 2 is 1.86 bits per heavy atom. The second-order valence-electron chi connectivity index (χ2n) is 10.2. The van der Waals surface area contributed by atoms with Crippen molar-refractivity contribution in [2.24, 2.45) is 0 Å². The number of nitrogens with zero attached hydrogens (tertiary/aromatic N) is 1. The highest BCUT2D eigenvalue weighted by molar-refractivity contribution is 6.31. The lowest BCUT2D eigenvalue weighted by Crippen LogP contribution is -2.64. The van der Waals surface area contributed by atoms with Gasteiger partial charge in [0.15, 0.2) is 0 Å². The third-order valence-corrected chi connectivity index (χ3v) is 6.95. The molecule has 0 bridgehead atoms. The molecule has 6 nitrogen and oxygen atoms in total. The minimum Gasteiger partial charge on any atom is -0.459 e. The van der Waals surface area contributed by atoms with Gasteiger partial charge in [-0.2, -0.15) is 0 Å². The largest absolute Gasteiger partial charge is 0.459 e. The Kier molecular flexibility index (Phi) is 6.49. The molecular weight excluding hydrogens is 487 g/mol. The van der Waals surface area contributed by atoms with Crippen LogP contribution in [-0.2, 0) is 24.5 Å². The molecule has 184 valence electrons. The first-order valence-corrected chi connectivity index (χ1v) is 12.1. The van der Waals surface area contributed by atoms with Gasteiger partial charge in [-0.1, -0.05) is 53.6 Å². The van der Waals surface area contributed by atoms with Crippen LogP contribution in [-0.4, -0.2) is 40.9 Å². The molecule has 3 atom stereocenters. The van der Waals surface area contributed by atoms with Gasteiger partial charge < -0.3 is 15.0 Å². The van der Waals surface area contributed by atoms with Crippen molar-refractivity contribution in [1.29, 1.82) is 0 Å². The van der Waals surface area contributed by atoms with Crippen molar-refractivity contribution in [1.82, 2.24) is 4.90 Å². The van der Waals surface area contributed by atoms with Gasteiger partial charge in [-0.05, 0) is 63.1 Å². The topological polar surface area (TPSA) is 75.7 Å². The summed E-state index contributed by atoms with van der Waals surface area (Å²) in [5.41, 5.74) is 0.647. The van der Waals surface area contributed by atoms with Crippen LogP contribution in [0.3, 0.4) is 0 Å². The van der Waals surface area contributed by atoms with Crippen LogP contribution < -0.4 is 5.32 Å². The Hall–Kier alpha value is -2.83. The molecule has 1 fully saturated rings. The van der Waals surface area contributed by atoms with E-state index < -0.39 is 28.9 Å². The number of fused-ring (bicyclic) bond motifs is 2. The number of halogens is 2. The van der Waals surface area contributed by atoms with Gasteiger partial charge in [0.05, 0.1) is 6.04 Å². The first-order valence-electron chi connectivity index (χ1n) is 11.4.